The highest BCUT2D eigenvalue weighted by atomic mass is 16.5. The Balaban J connectivity index is 2.67. The molecule has 20 heavy (non-hydrogen) atoms. The molecular formula is C15H21NO4. The zero-order valence-electron chi connectivity index (χ0n) is 12.1. The minimum atomic E-state index is -1.04. The molecule has 5 heteroatoms. The number of carbonyl (C=O) groups is 2. The second-order valence-electron chi connectivity index (χ2n) is 4.78. The Morgan fingerprint density at radius 3 is 2.35 bits per heavy atom. The zero-order chi connectivity index (χ0) is 15.1. The molecule has 0 aromatic heterocycles. The summed E-state index contributed by atoms with van der Waals surface area (Å²) in [6, 6.07) is 6.35. The summed E-state index contributed by atoms with van der Waals surface area (Å²) in [5.74, 6) is -0.635. The Kier molecular flexibility index (Phi) is 6.03. The molecule has 1 aromatic rings. The Labute approximate surface area is 118 Å². The van der Waals surface area contributed by atoms with E-state index in [1.807, 2.05) is 38.1 Å². The van der Waals surface area contributed by atoms with Gasteiger partial charge in [-0.15, -0.1) is 0 Å². The number of carbonyl (C=O) groups excluding carboxylic acids is 1. The van der Waals surface area contributed by atoms with E-state index in [1.54, 1.807) is 0 Å². The van der Waals surface area contributed by atoms with E-state index < -0.39 is 12.0 Å². The van der Waals surface area contributed by atoms with E-state index in [-0.39, 0.29) is 18.4 Å². The summed E-state index contributed by atoms with van der Waals surface area (Å²) in [6.45, 7) is 5.34. The van der Waals surface area contributed by atoms with E-state index in [9.17, 15) is 9.59 Å². The Bertz CT molecular complexity index is 455. The quantitative estimate of drug-likeness (QED) is 0.800. The van der Waals surface area contributed by atoms with Crippen LogP contribution in [0.4, 0.5) is 0 Å². The van der Waals surface area contributed by atoms with Crippen LogP contribution in [0.15, 0.2) is 24.3 Å². The predicted octanol–water partition coefficient (Wildman–Crippen LogP) is 2.00. The highest BCUT2D eigenvalue weighted by molar-refractivity contribution is 5.82. The fraction of sp³-hybridized carbons (Fsp3) is 0.467. The molecule has 1 aromatic carbocycles. The number of carboxylic acids is 1. The van der Waals surface area contributed by atoms with Crippen molar-refractivity contribution in [1.82, 2.24) is 5.32 Å². The lowest BCUT2D eigenvalue weighted by atomic mass is 10.1. The molecule has 0 aliphatic heterocycles. The van der Waals surface area contributed by atoms with Gasteiger partial charge in [-0.2, -0.15) is 0 Å². The van der Waals surface area contributed by atoms with Crippen molar-refractivity contribution >= 4 is 11.9 Å². The van der Waals surface area contributed by atoms with Gasteiger partial charge < -0.3 is 15.2 Å². The third kappa shape index (κ3) is 5.30. The predicted molar refractivity (Wildman–Crippen MR) is 75.8 cm³/mol. The molecule has 0 fully saturated rings. The number of amides is 1. The molecule has 2 N–H and O–H groups in total. The molecule has 110 valence electrons. The number of hydrogen-bond donors (Lipinski definition) is 2. The molecule has 1 rings (SSSR count). The minimum Gasteiger partial charge on any atom is -0.491 e. The van der Waals surface area contributed by atoms with E-state index in [1.165, 1.54) is 6.92 Å². The van der Waals surface area contributed by atoms with E-state index in [0.717, 1.165) is 17.7 Å². The zero-order valence-corrected chi connectivity index (χ0v) is 12.1. The largest absolute Gasteiger partial charge is 0.491 e. The molecule has 0 saturated carbocycles. The van der Waals surface area contributed by atoms with Gasteiger partial charge in [-0.3, -0.25) is 4.79 Å². The van der Waals surface area contributed by atoms with Gasteiger partial charge in [0.05, 0.1) is 6.10 Å². The fourth-order valence-corrected chi connectivity index (χ4v) is 1.70. The molecule has 0 spiro atoms. The molecule has 0 aliphatic rings. The van der Waals surface area contributed by atoms with Crippen molar-refractivity contribution < 1.29 is 19.4 Å². The lowest BCUT2D eigenvalue weighted by Crippen LogP contribution is -2.41. The van der Waals surface area contributed by atoms with Crippen molar-refractivity contribution in [3.05, 3.63) is 29.8 Å². The average molecular weight is 279 g/mol. The Morgan fingerprint density at radius 2 is 1.90 bits per heavy atom. The van der Waals surface area contributed by atoms with E-state index in [0.29, 0.717) is 0 Å². The maximum atomic E-state index is 11.1. The topological polar surface area (TPSA) is 75.6 Å². The average Bonchev–Trinajstić information content (AvgIpc) is 2.39. The van der Waals surface area contributed by atoms with Crippen molar-refractivity contribution in [3.8, 4) is 5.75 Å². The summed E-state index contributed by atoms with van der Waals surface area (Å²) in [7, 11) is 0. The lowest BCUT2D eigenvalue weighted by Gasteiger charge is -2.15. The molecule has 0 heterocycles. The minimum absolute atomic E-state index is 0.145. The van der Waals surface area contributed by atoms with E-state index in [2.05, 4.69) is 5.32 Å². The van der Waals surface area contributed by atoms with Crippen molar-refractivity contribution in [2.75, 3.05) is 0 Å². The monoisotopic (exact) mass is 279 g/mol. The number of nitrogens with one attached hydrogen (secondary N) is 1. The molecule has 1 amide bonds. The first-order valence-electron chi connectivity index (χ1n) is 6.67. The SMILES string of the molecule is CCC(C)Oc1ccc(CC(NC(C)=O)C(=O)O)cc1. The molecule has 0 aliphatic carbocycles. The van der Waals surface area contributed by atoms with Gasteiger partial charge in [0.15, 0.2) is 0 Å². The molecule has 2 unspecified atom stereocenters. The summed E-state index contributed by atoms with van der Waals surface area (Å²) in [4.78, 5) is 22.0. The number of aliphatic carboxylic acids is 1. The summed E-state index contributed by atoms with van der Waals surface area (Å²) in [6.07, 6.45) is 1.32. The summed E-state index contributed by atoms with van der Waals surface area (Å²) < 4.78 is 5.65. The van der Waals surface area contributed by atoms with Gasteiger partial charge in [-0.1, -0.05) is 19.1 Å². The van der Waals surface area contributed by atoms with Gasteiger partial charge in [-0.05, 0) is 31.0 Å². The van der Waals surface area contributed by atoms with Crippen molar-refractivity contribution in [2.45, 2.75) is 45.8 Å². The number of benzene rings is 1. The molecule has 2 atom stereocenters. The van der Waals surface area contributed by atoms with Crippen LogP contribution in [0, 0.1) is 0 Å². The highest BCUT2D eigenvalue weighted by Gasteiger charge is 2.18. The van der Waals surface area contributed by atoms with Crippen LogP contribution in [0.3, 0.4) is 0 Å². The molecule has 0 bridgehead atoms. The normalized spacial score (nSPS) is 13.3. The summed E-state index contributed by atoms with van der Waals surface area (Å²) in [5, 5.41) is 11.5. The van der Waals surface area contributed by atoms with Crippen LogP contribution in [-0.4, -0.2) is 29.1 Å². The van der Waals surface area contributed by atoms with Gasteiger partial charge in [0.1, 0.15) is 11.8 Å². The first-order chi connectivity index (χ1) is 9.42. The first-order valence-corrected chi connectivity index (χ1v) is 6.67. The molecular weight excluding hydrogens is 258 g/mol. The van der Waals surface area contributed by atoms with Gasteiger partial charge in [0.25, 0.3) is 0 Å². The lowest BCUT2D eigenvalue weighted by molar-refractivity contribution is -0.141. The fourth-order valence-electron chi connectivity index (χ4n) is 1.70. The first kappa shape index (κ1) is 16.0. The van der Waals surface area contributed by atoms with Crippen LogP contribution in [0.1, 0.15) is 32.8 Å². The third-order valence-corrected chi connectivity index (χ3v) is 2.95. The molecule has 0 saturated heterocycles. The smallest absolute Gasteiger partial charge is 0.326 e. The number of hydrogen-bond acceptors (Lipinski definition) is 3. The van der Waals surface area contributed by atoms with Crippen LogP contribution in [0.2, 0.25) is 0 Å². The number of ether oxygens (including phenoxy) is 1. The third-order valence-electron chi connectivity index (χ3n) is 2.95. The Morgan fingerprint density at radius 1 is 1.30 bits per heavy atom. The summed E-state index contributed by atoms with van der Waals surface area (Å²) >= 11 is 0. The van der Waals surface area contributed by atoms with Crippen LogP contribution in [0.25, 0.3) is 0 Å². The van der Waals surface area contributed by atoms with Crippen LogP contribution in [0.5, 0.6) is 5.75 Å². The van der Waals surface area contributed by atoms with Crippen molar-refractivity contribution in [2.24, 2.45) is 0 Å². The maximum Gasteiger partial charge on any atom is 0.326 e. The second-order valence-corrected chi connectivity index (χ2v) is 4.78. The van der Waals surface area contributed by atoms with Gasteiger partial charge in [-0.25, -0.2) is 4.79 Å². The van der Waals surface area contributed by atoms with Gasteiger partial charge >= 0.3 is 5.97 Å². The Hall–Kier alpha value is -2.04. The van der Waals surface area contributed by atoms with Gasteiger partial charge in [0.2, 0.25) is 5.91 Å². The highest BCUT2D eigenvalue weighted by Crippen LogP contribution is 2.16. The van der Waals surface area contributed by atoms with Crippen LogP contribution in [-0.2, 0) is 16.0 Å². The van der Waals surface area contributed by atoms with Crippen LogP contribution >= 0.6 is 0 Å². The maximum absolute atomic E-state index is 11.1. The summed E-state index contributed by atoms with van der Waals surface area (Å²) in [5.41, 5.74) is 0.836. The van der Waals surface area contributed by atoms with Crippen molar-refractivity contribution in [1.29, 1.82) is 0 Å². The van der Waals surface area contributed by atoms with Crippen molar-refractivity contribution in [3.63, 3.8) is 0 Å². The molecule has 5 nitrogen and oxygen atoms in total. The second kappa shape index (κ2) is 7.53. The number of rotatable bonds is 7. The van der Waals surface area contributed by atoms with Crippen LogP contribution < -0.4 is 10.1 Å². The molecule has 0 radical (unpaired) electrons. The standard InChI is InChI=1S/C15H21NO4/c1-4-10(2)20-13-7-5-12(6-8-13)9-14(15(18)19)16-11(3)17/h5-8,10,14H,4,9H2,1-3H3,(H,16,17)(H,18,19). The number of carboxylic acid groups (broad SMARTS) is 1. The van der Waals surface area contributed by atoms with E-state index >= 15 is 0 Å². The van der Waals surface area contributed by atoms with Gasteiger partial charge in [0, 0.05) is 13.3 Å². The van der Waals surface area contributed by atoms with E-state index in [4.69, 9.17) is 9.84 Å².